The third kappa shape index (κ3) is 9.55. The van der Waals surface area contributed by atoms with Gasteiger partial charge in [-0.25, -0.2) is 4.79 Å². The van der Waals surface area contributed by atoms with E-state index in [4.69, 9.17) is 24.9 Å². The van der Waals surface area contributed by atoms with Gasteiger partial charge >= 0.3 is 12.1 Å². The lowest BCUT2D eigenvalue weighted by atomic mass is 9.86. The first-order valence-corrected chi connectivity index (χ1v) is 10.9. The molecule has 1 aromatic heterocycles. The summed E-state index contributed by atoms with van der Waals surface area (Å²) in [6.45, 7) is 10.0. The second kappa shape index (κ2) is 12.7. The standard InChI is InChI=1S/C20H33N3O3.C2HF3O2/c1-6-15(7-2)25-19-10-14(9-17(21)20(19)22-13(5)24)18-11-16(26-23-18)8-12(3)4;3-2(4,5)1(6)7/h10-12,15,17,19-20H,6-9,21H2,1-5H3,(H,22,24);(H,6,7)/t17-,19+,20+;/m0./s1. The molecular formula is C22H34F3N3O5. The zero-order chi connectivity index (χ0) is 25.3. The summed E-state index contributed by atoms with van der Waals surface area (Å²) >= 11 is 0. The molecule has 0 fully saturated rings. The summed E-state index contributed by atoms with van der Waals surface area (Å²) in [6.07, 6.45) is 0.150. The quantitative estimate of drug-likeness (QED) is 0.521. The number of rotatable bonds is 8. The number of aromatic nitrogens is 1. The number of nitrogens with zero attached hydrogens (tertiary/aromatic N) is 1. The van der Waals surface area contributed by atoms with Crippen molar-refractivity contribution in [2.45, 2.75) is 90.8 Å². The van der Waals surface area contributed by atoms with Crippen LogP contribution in [0.3, 0.4) is 0 Å². The zero-order valence-electron chi connectivity index (χ0n) is 19.6. The van der Waals surface area contributed by atoms with Crippen LogP contribution in [0.5, 0.6) is 0 Å². The Hall–Kier alpha value is -2.40. The molecule has 11 heteroatoms. The van der Waals surface area contributed by atoms with E-state index in [9.17, 15) is 18.0 Å². The molecule has 0 bridgehead atoms. The Balaban J connectivity index is 0.000000675. The lowest BCUT2D eigenvalue weighted by Gasteiger charge is -2.36. The van der Waals surface area contributed by atoms with Crippen molar-refractivity contribution in [2.24, 2.45) is 11.7 Å². The molecule has 1 aromatic rings. The van der Waals surface area contributed by atoms with Gasteiger partial charge in [-0.05, 0) is 36.8 Å². The molecule has 0 aromatic carbocycles. The number of amides is 1. The van der Waals surface area contributed by atoms with Gasteiger partial charge in [0.1, 0.15) is 11.5 Å². The highest BCUT2D eigenvalue weighted by atomic mass is 19.4. The van der Waals surface area contributed by atoms with E-state index in [1.54, 1.807) is 0 Å². The second-order valence-corrected chi connectivity index (χ2v) is 8.40. The number of hydrogen-bond donors (Lipinski definition) is 3. The van der Waals surface area contributed by atoms with Crippen molar-refractivity contribution in [3.05, 3.63) is 23.6 Å². The fourth-order valence-electron chi connectivity index (χ4n) is 3.40. The second-order valence-electron chi connectivity index (χ2n) is 8.40. The number of hydrogen-bond acceptors (Lipinski definition) is 6. The molecule has 3 atom stereocenters. The Morgan fingerprint density at radius 2 is 1.91 bits per heavy atom. The molecule has 0 saturated carbocycles. The average Bonchev–Trinajstić information content (AvgIpc) is 3.15. The van der Waals surface area contributed by atoms with E-state index in [0.29, 0.717) is 12.3 Å². The minimum Gasteiger partial charge on any atom is -0.475 e. The van der Waals surface area contributed by atoms with Gasteiger partial charge < -0.3 is 25.4 Å². The Morgan fingerprint density at radius 3 is 2.36 bits per heavy atom. The van der Waals surface area contributed by atoms with Crippen LogP contribution in [-0.2, 0) is 20.7 Å². The number of alkyl halides is 3. The third-order valence-corrected chi connectivity index (χ3v) is 5.01. The molecule has 188 valence electrons. The van der Waals surface area contributed by atoms with Crippen LogP contribution in [0.15, 0.2) is 16.7 Å². The van der Waals surface area contributed by atoms with Crippen molar-refractivity contribution >= 4 is 17.4 Å². The van der Waals surface area contributed by atoms with E-state index < -0.39 is 12.1 Å². The summed E-state index contributed by atoms with van der Waals surface area (Å²) in [5, 5.41) is 14.3. The number of aliphatic carboxylic acids is 1. The SMILES string of the molecule is CCC(CC)O[C@@H]1C=C(c2cc(CC(C)C)on2)C[C@H](N)[C@H]1NC(C)=O.O=C(O)C(F)(F)F. The predicted molar refractivity (Wildman–Crippen MR) is 116 cm³/mol. The van der Waals surface area contributed by atoms with Gasteiger partial charge in [0, 0.05) is 25.5 Å². The van der Waals surface area contributed by atoms with Crippen LogP contribution in [0, 0.1) is 5.92 Å². The molecule has 1 heterocycles. The Bertz CT molecular complexity index is 803. The van der Waals surface area contributed by atoms with Crippen LogP contribution >= 0.6 is 0 Å². The maximum atomic E-state index is 11.6. The molecule has 0 spiro atoms. The summed E-state index contributed by atoms with van der Waals surface area (Å²) in [7, 11) is 0. The molecule has 33 heavy (non-hydrogen) atoms. The maximum Gasteiger partial charge on any atom is 0.490 e. The molecular weight excluding hydrogens is 443 g/mol. The monoisotopic (exact) mass is 477 g/mol. The van der Waals surface area contributed by atoms with E-state index >= 15 is 0 Å². The summed E-state index contributed by atoms with van der Waals surface area (Å²) in [5.41, 5.74) is 8.23. The van der Waals surface area contributed by atoms with Crippen molar-refractivity contribution in [3.8, 4) is 0 Å². The molecule has 1 amide bonds. The van der Waals surface area contributed by atoms with Crippen molar-refractivity contribution in [1.29, 1.82) is 0 Å². The van der Waals surface area contributed by atoms with Crippen molar-refractivity contribution in [3.63, 3.8) is 0 Å². The zero-order valence-corrected chi connectivity index (χ0v) is 19.6. The fraction of sp³-hybridized carbons (Fsp3) is 0.682. The van der Waals surface area contributed by atoms with Crippen molar-refractivity contribution < 1.29 is 37.1 Å². The number of carboxylic acids is 1. The average molecular weight is 478 g/mol. The van der Waals surface area contributed by atoms with Gasteiger partial charge in [0.2, 0.25) is 5.91 Å². The number of carboxylic acid groups (broad SMARTS) is 1. The first kappa shape index (κ1) is 28.6. The summed E-state index contributed by atoms with van der Waals surface area (Å²) in [6, 6.07) is 1.52. The molecule has 1 aliphatic rings. The lowest BCUT2D eigenvalue weighted by molar-refractivity contribution is -0.192. The van der Waals surface area contributed by atoms with Gasteiger partial charge in [0.05, 0.1) is 18.2 Å². The molecule has 0 unspecified atom stereocenters. The summed E-state index contributed by atoms with van der Waals surface area (Å²) in [5.74, 6) is -1.46. The van der Waals surface area contributed by atoms with E-state index in [-0.39, 0.29) is 30.2 Å². The number of halogens is 3. The number of nitrogens with one attached hydrogen (secondary N) is 1. The molecule has 2 rings (SSSR count). The topological polar surface area (TPSA) is 128 Å². The minimum absolute atomic E-state index is 0.0962. The summed E-state index contributed by atoms with van der Waals surface area (Å²) in [4.78, 5) is 20.5. The minimum atomic E-state index is -5.08. The maximum absolute atomic E-state index is 11.6. The highest BCUT2D eigenvalue weighted by Gasteiger charge is 2.38. The summed E-state index contributed by atoms with van der Waals surface area (Å²) < 4.78 is 43.5. The van der Waals surface area contributed by atoms with Gasteiger partial charge in [-0.15, -0.1) is 0 Å². The van der Waals surface area contributed by atoms with Gasteiger partial charge in [0.25, 0.3) is 0 Å². The molecule has 4 N–H and O–H groups in total. The fourth-order valence-corrected chi connectivity index (χ4v) is 3.40. The highest BCUT2D eigenvalue weighted by Crippen LogP contribution is 2.29. The highest BCUT2D eigenvalue weighted by molar-refractivity contribution is 5.74. The Kier molecular flexibility index (Phi) is 11.1. The number of carbonyl (C=O) groups is 2. The molecule has 0 radical (unpaired) electrons. The third-order valence-electron chi connectivity index (χ3n) is 5.01. The Morgan fingerprint density at radius 1 is 1.33 bits per heavy atom. The number of ether oxygens (including phenoxy) is 1. The van der Waals surface area contributed by atoms with Gasteiger partial charge in [-0.2, -0.15) is 13.2 Å². The largest absolute Gasteiger partial charge is 0.490 e. The molecule has 1 aliphatic carbocycles. The molecule has 8 nitrogen and oxygen atoms in total. The van der Waals surface area contributed by atoms with Crippen LogP contribution < -0.4 is 11.1 Å². The van der Waals surface area contributed by atoms with Crippen molar-refractivity contribution in [1.82, 2.24) is 10.5 Å². The Labute approximate surface area is 191 Å². The van der Waals surface area contributed by atoms with E-state index in [1.807, 2.05) is 6.07 Å². The molecule has 0 saturated heterocycles. The smallest absolute Gasteiger partial charge is 0.475 e. The van der Waals surface area contributed by atoms with Crippen molar-refractivity contribution in [2.75, 3.05) is 0 Å². The van der Waals surface area contributed by atoms with E-state index in [1.165, 1.54) is 6.92 Å². The van der Waals surface area contributed by atoms with Crippen LogP contribution in [0.1, 0.15) is 65.3 Å². The van der Waals surface area contributed by atoms with Crippen LogP contribution in [0.4, 0.5) is 13.2 Å². The van der Waals surface area contributed by atoms with Gasteiger partial charge in [0.15, 0.2) is 0 Å². The van der Waals surface area contributed by atoms with E-state index in [2.05, 4.69) is 44.2 Å². The molecule has 0 aliphatic heterocycles. The number of nitrogens with two attached hydrogens (primary N) is 1. The lowest BCUT2D eigenvalue weighted by Crippen LogP contribution is -2.56. The predicted octanol–water partition coefficient (Wildman–Crippen LogP) is 3.70. The van der Waals surface area contributed by atoms with Crippen LogP contribution in [-0.4, -0.2) is 52.6 Å². The van der Waals surface area contributed by atoms with Crippen LogP contribution in [0.2, 0.25) is 0 Å². The first-order chi connectivity index (χ1) is 15.3. The van der Waals surface area contributed by atoms with Gasteiger partial charge in [-0.1, -0.05) is 32.9 Å². The van der Waals surface area contributed by atoms with Crippen LogP contribution in [0.25, 0.3) is 5.57 Å². The van der Waals surface area contributed by atoms with Gasteiger partial charge in [-0.3, -0.25) is 4.79 Å². The first-order valence-electron chi connectivity index (χ1n) is 10.9. The number of carbonyl (C=O) groups excluding carboxylic acids is 1. The normalized spacial score (nSPS) is 20.8. The van der Waals surface area contributed by atoms with E-state index in [0.717, 1.165) is 36.3 Å².